The second-order valence-electron chi connectivity index (χ2n) is 12.5. The highest BCUT2D eigenvalue weighted by atomic mass is 28.3. The first-order chi connectivity index (χ1) is 24.3. The van der Waals surface area contributed by atoms with Gasteiger partial charge in [-0.05, 0) is 78.4 Å². The summed E-state index contributed by atoms with van der Waals surface area (Å²) in [7, 11) is -3.11. The van der Waals surface area contributed by atoms with Gasteiger partial charge in [0.1, 0.15) is 0 Å². The van der Waals surface area contributed by atoms with E-state index in [9.17, 15) is 0 Å². The zero-order valence-corrected chi connectivity index (χ0v) is 27.9. The molecule has 0 N–H and O–H groups in total. The molecule has 6 aromatic carbocycles. The maximum atomic E-state index is 5.10. The summed E-state index contributed by atoms with van der Waals surface area (Å²) >= 11 is 0. The number of allylic oxidation sites excluding steroid dienone is 2. The van der Waals surface area contributed by atoms with E-state index in [1.165, 1.54) is 43.0 Å². The Morgan fingerprint density at radius 3 is 1.08 bits per heavy atom. The predicted octanol–water partition coefficient (Wildman–Crippen LogP) is 9.66. The van der Waals surface area contributed by atoms with E-state index in [0.717, 1.165) is 32.9 Å². The van der Waals surface area contributed by atoms with Crippen LogP contribution in [0.15, 0.2) is 194 Å². The number of aromatic nitrogens is 2. The van der Waals surface area contributed by atoms with Gasteiger partial charge in [-0.2, -0.15) is 0 Å². The minimum absolute atomic E-state index is 0.994. The van der Waals surface area contributed by atoms with Gasteiger partial charge < -0.3 is 0 Å². The number of benzene rings is 6. The Morgan fingerprint density at radius 1 is 0.327 bits per heavy atom. The van der Waals surface area contributed by atoms with Crippen molar-refractivity contribution < 1.29 is 0 Å². The molecule has 0 bridgehead atoms. The van der Waals surface area contributed by atoms with E-state index in [4.69, 9.17) is 9.97 Å². The van der Waals surface area contributed by atoms with Crippen LogP contribution in [-0.2, 0) is 0 Å². The highest BCUT2D eigenvalue weighted by Gasteiger charge is 2.53. The van der Waals surface area contributed by atoms with Crippen molar-refractivity contribution >= 4 is 61.8 Å². The number of pyridine rings is 2. The van der Waals surface area contributed by atoms with Crippen LogP contribution < -0.4 is 10.4 Å². The van der Waals surface area contributed by atoms with E-state index in [2.05, 4.69) is 194 Å². The third kappa shape index (κ3) is 4.78. The van der Waals surface area contributed by atoms with Crippen LogP contribution in [0.2, 0.25) is 0 Å². The minimum Gasteiger partial charge on any atom is -0.256 e. The van der Waals surface area contributed by atoms with Gasteiger partial charge in [-0.3, -0.25) is 9.97 Å². The second-order valence-corrected chi connectivity index (χ2v) is 16.2. The molecule has 9 rings (SSSR count). The zero-order valence-electron chi connectivity index (χ0n) is 26.9. The molecule has 49 heavy (non-hydrogen) atoms. The molecule has 0 fully saturated rings. The number of hydrogen-bond donors (Lipinski definition) is 0. The van der Waals surface area contributed by atoms with Crippen LogP contribution in [0, 0.1) is 0 Å². The molecule has 0 spiro atoms. The van der Waals surface area contributed by atoms with Gasteiger partial charge in [-0.25, -0.2) is 0 Å². The topological polar surface area (TPSA) is 25.8 Å². The Balaban J connectivity index is 1.54. The van der Waals surface area contributed by atoms with Crippen LogP contribution in [0.4, 0.5) is 0 Å². The first kappa shape index (κ1) is 29.0. The summed E-state index contributed by atoms with van der Waals surface area (Å²) in [6, 6.07) is 65.9. The highest BCUT2D eigenvalue weighted by Crippen LogP contribution is 2.55. The summed E-state index contributed by atoms with van der Waals surface area (Å²) in [6.45, 7) is 0. The molecule has 3 heterocycles. The van der Waals surface area contributed by atoms with Gasteiger partial charge in [0.15, 0.2) is 8.07 Å². The average molecular weight is 641 g/mol. The molecule has 0 saturated heterocycles. The maximum Gasteiger partial charge on any atom is 0.182 e. The molecule has 0 aliphatic carbocycles. The quantitative estimate of drug-likeness (QED) is 0.169. The summed E-state index contributed by atoms with van der Waals surface area (Å²) in [4.78, 5) is 10.2. The SMILES string of the molecule is c1ccc(C2=C(c3cnc4ccccc4c3)[Si](c3ccccc3)(c3ccccc3)C(c3cnc4ccccc4c3)=C2c2ccccc2)cc1. The predicted molar refractivity (Wildman–Crippen MR) is 208 cm³/mol. The molecule has 2 nitrogen and oxygen atoms in total. The lowest BCUT2D eigenvalue weighted by atomic mass is 9.89. The molecule has 0 saturated carbocycles. The number of fused-ring (bicyclic) bond motifs is 2. The normalized spacial score (nSPS) is 14.1. The van der Waals surface area contributed by atoms with Gasteiger partial charge in [0, 0.05) is 23.2 Å². The summed E-state index contributed by atoms with van der Waals surface area (Å²) in [6.07, 6.45) is 4.22. The van der Waals surface area contributed by atoms with Crippen molar-refractivity contribution in [1.82, 2.24) is 9.97 Å². The van der Waals surface area contributed by atoms with E-state index in [0.29, 0.717) is 0 Å². The van der Waals surface area contributed by atoms with Crippen molar-refractivity contribution in [3.8, 4) is 0 Å². The fourth-order valence-electron chi connectivity index (χ4n) is 7.79. The molecule has 0 unspecified atom stereocenters. The number of rotatable bonds is 6. The van der Waals surface area contributed by atoms with Crippen molar-refractivity contribution in [1.29, 1.82) is 0 Å². The molecule has 0 amide bonds. The monoisotopic (exact) mass is 640 g/mol. The van der Waals surface area contributed by atoms with Crippen LogP contribution >= 0.6 is 0 Å². The standard InChI is InChI=1S/C46H32N2Si/c1-5-17-33(18-6-1)43-44(34-19-7-2-8-20-34)46(38-30-36-22-14-16-28-42(36)48-32-38)49(39-23-9-3-10-24-39,40-25-11-4-12-26-40)45(43)37-29-35-21-13-15-27-41(35)47-31-37/h1-32H. The zero-order chi connectivity index (χ0) is 32.6. The Labute approximate surface area is 287 Å². The summed E-state index contributed by atoms with van der Waals surface area (Å²) in [5, 5.41) is 7.60. The third-order valence-corrected chi connectivity index (χ3v) is 14.8. The van der Waals surface area contributed by atoms with Crippen LogP contribution in [0.25, 0.3) is 43.3 Å². The molecule has 0 atom stereocenters. The van der Waals surface area contributed by atoms with E-state index in [-0.39, 0.29) is 0 Å². The Kier molecular flexibility index (Phi) is 7.18. The minimum atomic E-state index is -3.11. The second kappa shape index (κ2) is 12.1. The number of para-hydroxylation sites is 2. The number of nitrogens with zero attached hydrogens (tertiary/aromatic N) is 2. The smallest absolute Gasteiger partial charge is 0.182 e. The van der Waals surface area contributed by atoms with E-state index in [1.807, 2.05) is 0 Å². The van der Waals surface area contributed by atoms with E-state index >= 15 is 0 Å². The van der Waals surface area contributed by atoms with Crippen molar-refractivity contribution in [3.63, 3.8) is 0 Å². The third-order valence-electron chi connectivity index (χ3n) is 9.80. The molecular formula is C46H32N2Si. The summed E-state index contributed by atoms with van der Waals surface area (Å²) in [5.74, 6) is 0. The first-order valence-corrected chi connectivity index (χ1v) is 18.7. The summed E-state index contributed by atoms with van der Waals surface area (Å²) < 4.78 is 0. The fourth-order valence-corrected chi connectivity index (χ4v) is 13.3. The van der Waals surface area contributed by atoms with Crippen LogP contribution in [-0.4, -0.2) is 18.0 Å². The molecule has 2 aromatic heterocycles. The van der Waals surface area contributed by atoms with Gasteiger partial charge in [-0.15, -0.1) is 0 Å². The maximum absolute atomic E-state index is 5.10. The lowest BCUT2D eigenvalue weighted by Gasteiger charge is -2.36. The first-order valence-electron chi connectivity index (χ1n) is 16.7. The van der Waals surface area contributed by atoms with E-state index in [1.54, 1.807) is 0 Å². The largest absolute Gasteiger partial charge is 0.256 e. The molecule has 1 aliphatic heterocycles. The Hall–Kier alpha value is -6.16. The van der Waals surface area contributed by atoms with Crippen LogP contribution in [0.1, 0.15) is 22.3 Å². The fraction of sp³-hybridized carbons (Fsp3) is 0. The van der Waals surface area contributed by atoms with Gasteiger partial charge in [0.2, 0.25) is 0 Å². The molecule has 230 valence electrons. The van der Waals surface area contributed by atoms with Crippen molar-refractivity contribution in [2.24, 2.45) is 0 Å². The van der Waals surface area contributed by atoms with Gasteiger partial charge in [-0.1, -0.05) is 158 Å². The lowest BCUT2D eigenvalue weighted by molar-refractivity contribution is 1.39. The molecular weight excluding hydrogens is 609 g/mol. The lowest BCUT2D eigenvalue weighted by Crippen LogP contribution is -2.59. The highest BCUT2D eigenvalue weighted by molar-refractivity contribution is 7.29. The Morgan fingerprint density at radius 2 is 0.673 bits per heavy atom. The van der Waals surface area contributed by atoms with Crippen LogP contribution in [0.3, 0.4) is 0 Å². The number of hydrogen-bond acceptors (Lipinski definition) is 2. The average Bonchev–Trinajstić information content (AvgIpc) is 3.52. The van der Waals surface area contributed by atoms with Gasteiger partial charge in [0.25, 0.3) is 0 Å². The van der Waals surface area contributed by atoms with Gasteiger partial charge >= 0.3 is 0 Å². The van der Waals surface area contributed by atoms with Crippen LogP contribution in [0.5, 0.6) is 0 Å². The van der Waals surface area contributed by atoms with Crippen molar-refractivity contribution in [2.45, 2.75) is 0 Å². The molecule has 0 radical (unpaired) electrons. The molecule has 3 heteroatoms. The Bertz CT molecular complexity index is 2340. The summed E-state index contributed by atoms with van der Waals surface area (Å²) in [5.41, 5.74) is 9.18. The van der Waals surface area contributed by atoms with Crippen molar-refractivity contribution in [3.05, 3.63) is 217 Å². The van der Waals surface area contributed by atoms with E-state index < -0.39 is 8.07 Å². The molecule has 1 aliphatic rings. The van der Waals surface area contributed by atoms with Crippen molar-refractivity contribution in [2.75, 3.05) is 0 Å². The van der Waals surface area contributed by atoms with Gasteiger partial charge in [0.05, 0.1) is 11.0 Å². The molecule has 8 aromatic rings.